The van der Waals surface area contributed by atoms with E-state index in [2.05, 4.69) is 39.5 Å². The molecule has 0 spiro atoms. The molecule has 0 saturated heterocycles. The van der Waals surface area contributed by atoms with Gasteiger partial charge in [0, 0.05) is 19.2 Å². The average molecular weight is 547 g/mol. The summed E-state index contributed by atoms with van der Waals surface area (Å²) in [6.07, 6.45) is 14.4. The molecule has 0 radical (unpaired) electrons. The smallest absolute Gasteiger partial charge is 0.260 e. The molecule has 224 valence electrons. The molecule has 1 rings (SSSR count). The van der Waals surface area contributed by atoms with Gasteiger partial charge in [-0.15, -0.1) is 0 Å². The summed E-state index contributed by atoms with van der Waals surface area (Å²) in [5, 5.41) is 0. The molecule has 0 N–H and O–H groups in total. The van der Waals surface area contributed by atoms with Crippen molar-refractivity contribution in [2.75, 3.05) is 45.9 Å². The van der Waals surface area contributed by atoms with Crippen molar-refractivity contribution in [3.8, 4) is 11.5 Å². The van der Waals surface area contributed by atoms with E-state index in [0.717, 1.165) is 89.5 Å². The summed E-state index contributed by atoms with van der Waals surface area (Å²) in [5.74, 6) is 1.37. The Morgan fingerprint density at radius 1 is 0.615 bits per heavy atom. The highest BCUT2D eigenvalue weighted by atomic mass is 16.5. The summed E-state index contributed by atoms with van der Waals surface area (Å²) in [7, 11) is 0. The van der Waals surface area contributed by atoms with Crippen molar-refractivity contribution in [2.45, 2.75) is 118 Å². The summed E-state index contributed by atoms with van der Waals surface area (Å²) < 4.78 is 11.9. The van der Waals surface area contributed by atoms with Gasteiger partial charge >= 0.3 is 0 Å². The number of aryl methyl sites for hydroxylation is 1. The maximum absolute atomic E-state index is 13.0. The van der Waals surface area contributed by atoms with E-state index in [0.29, 0.717) is 18.0 Å². The predicted octanol–water partition coefficient (Wildman–Crippen LogP) is 7.47. The summed E-state index contributed by atoms with van der Waals surface area (Å²) in [4.78, 5) is 30.0. The minimum Gasteiger partial charge on any atom is -0.486 e. The fourth-order valence-electron chi connectivity index (χ4n) is 4.60. The molecule has 39 heavy (non-hydrogen) atoms. The molecule has 0 aliphatic heterocycles. The summed E-state index contributed by atoms with van der Waals surface area (Å²) >= 11 is 0. The maximum Gasteiger partial charge on any atom is 0.260 e. The van der Waals surface area contributed by atoms with Gasteiger partial charge in [-0.25, -0.2) is 0 Å². The van der Waals surface area contributed by atoms with Gasteiger partial charge in [-0.1, -0.05) is 86.0 Å². The van der Waals surface area contributed by atoms with Crippen molar-refractivity contribution in [1.29, 1.82) is 0 Å². The molecule has 0 aliphatic carbocycles. The number of carbonyl (C=O) groups excluding carboxylic acids is 2. The quantitative estimate of drug-likeness (QED) is 0.119. The van der Waals surface area contributed by atoms with Crippen LogP contribution in [0.5, 0.6) is 11.5 Å². The van der Waals surface area contributed by atoms with Crippen molar-refractivity contribution in [1.82, 2.24) is 9.80 Å². The minimum atomic E-state index is 0.0221. The molecule has 0 aromatic heterocycles. The number of ether oxygens (including phenoxy) is 2. The molecule has 0 fully saturated rings. The number of nitrogens with zero attached hydrogens (tertiary/aromatic N) is 2. The molecule has 1 amide bonds. The molecule has 0 bridgehead atoms. The normalized spacial score (nSPS) is 11.1. The Morgan fingerprint density at radius 3 is 1.54 bits per heavy atom. The molecule has 0 aliphatic rings. The number of unbranched alkanes of at least 4 members (excludes halogenated alkanes) is 8. The molecule has 0 heterocycles. The van der Waals surface area contributed by atoms with Crippen molar-refractivity contribution < 1.29 is 19.1 Å². The first-order valence-electron chi connectivity index (χ1n) is 15.9. The van der Waals surface area contributed by atoms with Gasteiger partial charge in [0.1, 0.15) is 18.1 Å². The third-order valence-electron chi connectivity index (χ3n) is 7.08. The Hall–Kier alpha value is -2.08. The average Bonchev–Trinajstić information content (AvgIpc) is 2.94. The third kappa shape index (κ3) is 16.6. The van der Waals surface area contributed by atoms with Crippen LogP contribution in [-0.2, 0) is 16.0 Å². The first-order chi connectivity index (χ1) is 19.0. The zero-order valence-electron chi connectivity index (χ0n) is 25.9. The highest BCUT2D eigenvalue weighted by Gasteiger charge is 2.15. The van der Waals surface area contributed by atoms with E-state index in [1.54, 1.807) is 6.07 Å². The molecular weight excluding hydrogens is 488 g/mol. The lowest BCUT2D eigenvalue weighted by Gasteiger charge is -2.23. The first kappa shape index (κ1) is 34.9. The van der Waals surface area contributed by atoms with Crippen LogP contribution >= 0.6 is 0 Å². The van der Waals surface area contributed by atoms with Gasteiger partial charge in [0.15, 0.2) is 12.4 Å². The zero-order valence-corrected chi connectivity index (χ0v) is 25.9. The number of benzene rings is 1. The minimum absolute atomic E-state index is 0.0221. The van der Waals surface area contributed by atoms with Gasteiger partial charge < -0.3 is 14.4 Å². The van der Waals surface area contributed by atoms with E-state index < -0.39 is 0 Å². The van der Waals surface area contributed by atoms with Crippen LogP contribution < -0.4 is 9.47 Å². The molecule has 1 aromatic rings. The maximum atomic E-state index is 13.0. The van der Waals surface area contributed by atoms with Crippen LogP contribution in [0.25, 0.3) is 0 Å². The number of rotatable bonds is 25. The first-order valence-corrected chi connectivity index (χ1v) is 15.9. The highest BCUT2D eigenvalue weighted by Crippen LogP contribution is 2.24. The van der Waals surface area contributed by atoms with Crippen molar-refractivity contribution >= 4 is 11.7 Å². The topological polar surface area (TPSA) is 59.1 Å². The standard InChI is InChI=1S/C33H58N2O4/c1-6-11-15-19-34(20-16-12-7-2)26-30(36)27-38-31-23-29(10-5)24-32(25-31)39-28-33(37)35(21-17-13-8-3)22-18-14-9-4/h23-25H,6-22,26-28H2,1-5H3. The van der Waals surface area contributed by atoms with Gasteiger partial charge in [-0.2, -0.15) is 0 Å². The number of hydrogen-bond donors (Lipinski definition) is 0. The van der Waals surface area contributed by atoms with Crippen LogP contribution in [0.3, 0.4) is 0 Å². The second-order valence-corrected chi connectivity index (χ2v) is 10.8. The Bertz CT molecular complexity index is 763. The van der Waals surface area contributed by atoms with E-state index in [1.807, 2.05) is 17.0 Å². The fraction of sp³-hybridized carbons (Fsp3) is 0.758. The van der Waals surface area contributed by atoms with Crippen molar-refractivity contribution in [2.24, 2.45) is 0 Å². The molecule has 6 nitrogen and oxygen atoms in total. The third-order valence-corrected chi connectivity index (χ3v) is 7.08. The molecule has 0 atom stereocenters. The summed E-state index contributed by atoms with van der Waals surface area (Å²) in [6.45, 7) is 14.9. The molecule has 0 unspecified atom stereocenters. The second kappa shape index (κ2) is 22.7. The van der Waals surface area contributed by atoms with E-state index in [1.165, 1.54) is 25.7 Å². The number of ketones is 1. The van der Waals surface area contributed by atoms with E-state index in [9.17, 15) is 9.59 Å². The highest BCUT2D eigenvalue weighted by molar-refractivity contribution is 5.82. The van der Waals surface area contributed by atoms with Gasteiger partial charge in [-0.05, 0) is 62.9 Å². The number of Topliss-reactive ketones (excluding diaryl/α,β-unsaturated/α-hetero) is 1. The van der Waals surface area contributed by atoms with Gasteiger partial charge in [0.25, 0.3) is 5.91 Å². The van der Waals surface area contributed by atoms with E-state index in [4.69, 9.17) is 9.47 Å². The van der Waals surface area contributed by atoms with Crippen LogP contribution in [0.4, 0.5) is 0 Å². The molecule has 6 heteroatoms. The molecular formula is C33H58N2O4. The van der Waals surface area contributed by atoms with Gasteiger partial charge in [0.2, 0.25) is 0 Å². The molecule has 0 saturated carbocycles. The van der Waals surface area contributed by atoms with Crippen LogP contribution in [0.1, 0.15) is 117 Å². The SMILES string of the molecule is CCCCCN(CCCCC)CC(=O)COc1cc(CC)cc(OCC(=O)N(CCCCC)CCCCC)c1. The van der Waals surface area contributed by atoms with Crippen LogP contribution in [-0.4, -0.2) is 67.4 Å². The lowest BCUT2D eigenvalue weighted by Crippen LogP contribution is -2.36. The van der Waals surface area contributed by atoms with Crippen LogP contribution in [0.15, 0.2) is 18.2 Å². The van der Waals surface area contributed by atoms with Crippen molar-refractivity contribution in [3.05, 3.63) is 23.8 Å². The Morgan fingerprint density at radius 2 is 1.08 bits per heavy atom. The van der Waals surface area contributed by atoms with Gasteiger partial charge in [-0.3, -0.25) is 14.5 Å². The van der Waals surface area contributed by atoms with E-state index in [-0.39, 0.29) is 24.9 Å². The van der Waals surface area contributed by atoms with Gasteiger partial charge in [0.05, 0.1) is 6.54 Å². The predicted molar refractivity (Wildman–Crippen MR) is 163 cm³/mol. The molecule has 1 aromatic carbocycles. The summed E-state index contributed by atoms with van der Waals surface area (Å²) in [5.41, 5.74) is 1.06. The van der Waals surface area contributed by atoms with Crippen LogP contribution in [0, 0.1) is 0 Å². The Kier molecular flexibility index (Phi) is 20.3. The zero-order chi connectivity index (χ0) is 28.7. The number of hydrogen-bond acceptors (Lipinski definition) is 5. The van der Waals surface area contributed by atoms with Crippen molar-refractivity contribution in [3.63, 3.8) is 0 Å². The second-order valence-electron chi connectivity index (χ2n) is 10.8. The lowest BCUT2D eigenvalue weighted by atomic mass is 10.1. The Labute approximate surface area is 239 Å². The van der Waals surface area contributed by atoms with Crippen LogP contribution in [0.2, 0.25) is 0 Å². The summed E-state index contributed by atoms with van der Waals surface area (Å²) in [6, 6.07) is 5.73. The fourth-order valence-corrected chi connectivity index (χ4v) is 4.60. The number of carbonyl (C=O) groups is 2. The lowest BCUT2D eigenvalue weighted by molar-refractivity contribution is -0.133. The Balaban J connectivity index is 2.71. The number of amides is 1. The van der Waals surface area contributed by atoms with E-state index >= 15 is 0 Å². The monoisotopic (exact) mass is 546 g/mol. The largest absolute Gasteiger partial charge is 0.486 e.